The number of carbonyl (C=O) groups excluding carboxylic acids is 1. The number of piperidine rings is 1. The predicted molar refractivity (Wildman–Crippen MR) is 136 cm³/mol. The lowest BCUT2D eigenvalue weighted by atomic mass is 9.90. The molecule has 0 spiro atoms. The smallest absolute Gasteiger partial charge is 0.231 e. The van der Waals surface area contributed by atoms with E-state index in [9.17, 15) is 4.79 Å². The SMILES string of the molecule is Cc1c(-c2[nH]c3sc(C4CC5CC4N(CC(N)=O)C5)c(C)c3c2C(C)C)cn2ncnc2c1C. The van der Waals surface area contributed by atoms with Crippen LogP contribution < -0.4 is 5.73 Å². The standard InChI is InChI=1S/C26H32N6OS/c1-12(2)21-22-15(5)24(17-6-16-7-19(17)31(8-16)10-20(27)33)34-26(22)30-23(21)18-9-32-25(28-11-29-32)14(4)13(18)3/h9,11-12,16-17,19,30H,6-8,10H2,1-5H3,(H2,27,33). The largest absolute Gasteiger partial charge is 0.369 e. The number of hydrogen-bond donors (Lipinski definition) is 2. The number of rotatable bonds is 5. The second-order valence-corrected chi connectivity index (χ2v) is 11.6. The molecule has 1 saturated heterocycles. The maximum atomic E-state index is 11.6. The van der Waals surface area contributed by atoms with Crippen LogP contribution in [0.15, 0.2) is 12.5 Å². The molecule has 1 aliphatic heterocycles. The second kappa shape index (κ2) is 7.65. The Labute approximate surface area is 203 Å². The lowest BCUT2D eigenvalue weighted by Crippen LogP contribution is -2.42. The zero-order valence-corrected chi connectivity index (χ0v) is 21.3. The fraction of sp³-hybridized carbons (Fsp3) is 0.500. The first-order valence-corrected chi connectivity index (χ1v) is 13.0. The van der Waals surface area contributed by atoms with E-state index in [-0.39, 0.29) is 5.91 Å². The molecule has 1 saturated carbocycles. The summed E-state index contributed by atoms with van der Waals surface area (Å²) in [6, 6.07) is 0.431. The molecule has 7 nitrogen and oxygen atoms in total. The van der Waals surface area contributed by atoms with E-state index in [1.54, 1.807) is 6.33 Å². The van der Waals surface area contributed by atoms with E-state index in [1.807, 2.05) is 15.9 Å². The third kappa shape index (κ3) is 3.08. The van der Waals surface area contributed by atoms with Crippen molar-refractivity contribution in [3.8, 4) is 11.3 Å². The lowest BCUT2D eigenvalue weighted by Gasteiger charge is -2.32. The number of nitrogens with zero attached hydrogens (tertiary/aromatic N) is 4. The van der Waals surface area contributed by atoms with Crippen molar-refractivity contribution in [2.45, 2.75) is 65.3 Å². The number of pyridine rings is 1. The summed E-state index contributed by atoms with van der Waals surface area (Å²) in [4.78, 5) is 24.9. The summed E-state index contributed by atoms with van der Waals surface area (Å²) in [5, 5.41) is 5.79. The number of aromatic amines is 1. The molecule has 3 unspecified atom stereocenters. The molecule has 4 aromatic rings. The first-order chi connectivity index (χ1) is 16.2. The van der Waals surface area contributed by atoms with Crippen LogP contribution in [0.4, 0.5) is 0 Å². The molecule has 1 amide bonds. The maximum Gasteiger partial charge on any atom is 0.231 e. The van der Waals surface area contributed by atoms with E-state index in [0.717, 1.165) is 17.8 Å². The number of primary amides is 1. The van der Waals surface area contributed by atoms with Gasteiger partial charge in [-0.3, -0.25) is 9.69 Å². The Morgan fingerprint density at radius 1 is 1.24 bits per heavy atom. The summed E-state index contributed by atoms with van der Waals surface area (Å²) in [6.45, 7) is 12.6. The van der Waals surface area contributed by atoms with Crippen molar-refractivity contribution in [3.05, 3.63) is 39.7 Å². The molecule has 8 heteroatoms. The highest BCUT2D eigenvalue weighted by Crippen LogP contribution is 2.52. The van der Waals surface area contributed by atoms with Crippen molar-refractivity contribution < 1.29 is 4.79 Å². The number of carbonyl (C=O) groups is 1. The number of nitrogens with one attached hydrogen (secondary N) is 1. The number of hydrogen-bond acceptors (Lipinski definition) is 5. The second-order valence-electron chi connectivity index (χ2n) is 10.6. The van der Waals surface area contributed by atoms with Crippen molar-refractivity contribution in [2.75, 3.05) is 13.1 Å². The number of nitrogens with two attached hydrogens (primary N) is 1. The molecule has 34 heavy (non-hydrogen) atoms. The third-order valence-corrected chi connectivity index (χ3v) is 9.56. The van der Waals surface area contributed by atoms with Crippen molar-refractivity contribution in [2.24, 2.45) is 11.7 Å². The summed E-state index contributed by atoms with van der Waals surface area (Å²) in [7, 11) is 0. The predicted octanol–water partition coefficient (Wildman–Crippen LogP) is 4.65. The first kappa shape index (κ1) is 21.8. The van der Waals surface area contributed by atoms with Gasteiger partial charge in [0.05, 0.1) is 12.2 Å². The Kier molecular flexibility index (Phi) is 4.90. The lowest BCUT2D eigenvalue weighted by molar-refractivity contribution is -0.119. The molecule has 2 aliphatic rings. The average Bonchev–Trinajstić information content (AvgIpc) is 3.57. The highest BCUT2D eigenvalue weighted by molar-refractivity contribution is 7.19. The molecule has 3 atom stereocenters. The Hall–Kier alpha value is -2.71. The summed E-state index contributed by atoms with van der Waals surface area (Å²) >= 11 is 1.91. The van der Waals surface area contributed by atoms with Crippen molar-refractivity contribution >= 4 is 33.1 Å². The number of aromatic nitrogens is 4. The molecule has 1 aliphatic carbocycles. The van der Waals surface area contributed by atoms with Crippen LogP contribution in [0.25, 0.3) is 27.1 Å². The molecule has 2 bridgehead atoms. The highest BCUT2D eigenvalue weighted by atomic mass is 32.1. The topological polar surface area (TPSA) is 92.3 Å². The third-order valence-electron chi connectivity index (χ3n) is 8.22. The summed E-state index contributed by atoms with van der Waals surface area (Å²) in [5.74, 6) is 1.32. The van der Waals surface area contributed by atoms with Crippen LogP contribution in [0, 0.1) is 26.7 Å². The summed E-state index contributed by atoms with van der Waals surface area (Å²) in [6.07, 6.45) is 6.13. The van der Waals surface area contributed by atoms with Gasteiger partial charge in [-0.1, -0.05) is 13.8 Å². The molecule has 4 aromatic heterocycles. The molecule has 0 radical (unpaired) electrons. The molecule has 178 valence electrons. The number of fused-ring (bicyclic) bond motifs is 4. The fourth-order valence-corrected chi connectivity index (χ4v) is 8.05. The van der Waals surface area contributed by atoms with Gasteiger partial charge in [0.1, 0.15) is 11.2 Å². The van der Waals surface area contributed by atoms with Crippen LogP contribution in [-0.2, 0) is 4.79 Å². The zero-order chi connectivity index (χ0) is 23.9. The van der Waals surface area contributed by atoms with Crippen LogP contribution >= 0.6 is 11.3 Å². The van der Waals surface area contributed by atoms with Gasteiger partial charge in [0.2, 0.25) is 5.91 Å². The van der Waals surface area contributed by atoms with Crippen molar-refractivity contribution in [3.63, 3.8) is 0 Å². The van der Waals surface area contributed by atoms with E-state index in [4.69, 9.17) is 5.73 Å². The molecule has 5 heterocycles. The van der Waals surface area contributed by atoms with E-state index in [2.05, 4.69) is 60.8 Å². The Morgan fingerprint density at radius 3 is 2.74 bits per heavy atom. The van der Waals surface area contributed by atoms with Crippen LogP contribution in [0.2, 0.25) is 0 Å². The number of likely N-dealkylation sites (tertiary alicyclic amines) is 1. The van der Waals surface area contributed by atoms with Gasteiger partial charge in [0.25, 0.3) is 0 Å². The van der Waals surface area contributed by atoms with Gasteiger partial charge in [0, 0.05) is 40.5 Å². The van der Waals surface area contributed by atoms with Crippen LogP contribution in [0.1, 0.15) is 65.7 Å². The molecule has 6 rings (SSSR count). The minimum absolute atomic E-state index is 0.219. The van der Waals surface area contributed by atoms with E-state index < -0.39 is 0 Å². The molecular weight excluding hydrogens is 444 g/mol. The van der Waals surface area contributed by atoms with Gasteiger partial charge < -0.3 is 10.7 Å². The minimum atomic E-state index is -0.219. The molecule has 2 fully saturated rings. The number of amides is 1. The monoisotopic (exact) mass is 476 g/mol. The number of H-pyrrole nitrogens is 1. The van der Waals surface area contributed by atoms with Gasteiger partial charge in [-0.05, 0) is 67.7 Å². The van der Waals surface area contributed by atoms with Gasteiger partial charge in [-0.25, -0.2) is 9.50 Å². The number of aryl methyl sites for hydroxylation is 2. The quantitative estimate of drug-likeness (QED) is 0.438. The average molecular weight is 477 g/mol. The Bertz CT molecular complexity index is 1440. The van der Waals surface area contributed by atoms with Gasteiger partial charge in [-0.15, -0.1) is 11.3 Å². The van der Waals surface area contributed by atoms with Crippen molar-refractivity contribution in [1.29, 1.82) is 0 Å². The Balaban J connectivity index is 1.48. The van der Waals surface area contributed by atoms with Gasteiger partial charge in [-0.2, -0.15) is 5.10 Å². The maximum absolute atomic E-state index is 11.6. The molecular formula is C26H32N6OS. The fourth-order valence-electron chi connectivity index (χ4n) is 6.65. The van der Waals surface area contributed by atoms with Gasteiger partial charge in [0.15, 0.2) is 5.65 Å². The molecule has 0 aromatic carbocycles. The summed E-state index contributed by atoms with van der Waals surface area (Å²) in [5.41, 5.74) is 14.0. The summed E-state index contributed by atoms with van der Waals surface area (Å²) < 4.78 is 1.89. The van der Waals surface area contributed by atoms with E-state index in [0.29, 0.717) is 30.3 Å². The first-order valence-electron chi connectivity index (χ1n) is 12.2. The van der Waals surface area contributed by atoms with Crippen molar-refractivity contribution in [1.82, 2.24) is 24.5 Å². The van der Waals surface area contributed by atoms with Crippen LogP contribution in [-0.4, -0.2) is 49.5 Å². The van der Waals surface area contributed by atoms with Crippen LogP contribution in [0.5, 0.6) is 0 Å². The van der Waals surface area contributed by atoms with E-state index in [1.165, 1.54) is 55.9 Å². The van der Waals surface area contributed by atoms with E-state index >= 15 is 0 Å². The minimum Gasteiger partial charge on any atom is -0.369 e. The Morgan fingerprint density at radius 2 is 2.03 bits per heavy atom. The highest BCUT2D eigenvalue weighted by Gasteiger charge is 2.47. The normalized spacial score (nSPS) is 22.7. The molecule has 3 N–H and O–H groups in total. The zero-order valence-electron chi connectivity index (χ0n) is 20.5. The van der Waals surface area contributed by atoms with Gasteiger partial charge >= 0.3 is 0 Å². The van der Waals surface area contributed by atoms with Crippen LogP contribution in [0.3, 0.4) is 0 Å². The number of thiophene rings is 1.